The minimum absolute atomic E-state index is 0.625. The van der Waals surface area contributed by atoms with E-state index in [2.05, 4.69) is 17.0 Å². The maximum Gasteiger partial charge on any atom is 0.328 e. The van der Waals surface area contributed by atoms with Crippen molar-refractivity contribution in [1.29, 1.82) is 0 Å². The Morgan fingerprint density at radius 2 is 2.39 bits per heavy atom. The molecule has 0 bridgehead atoms. The lowest BCUT2D eigenvalue weighted by Gasteiger charge is -2.14. The van der Waals surface area contributed by atoms with Crippen LogP contribution in [0.5, 0.6) is 5.75 Å². The minimum atomic E-state index is -0.905. The van der Waals surface area contributed by atoms with Crippen LogP contribution in [-0.4, -0.2) is 36.2 Å². The first-order valence-corrected chi connectivity index (χ1v) is 5.98. The summed E-state index contributed by atoms with van der Waals surface area (Å²) in [6.45, 7) is 2.20. The molecule has 0 aromatic heterocycles. The number of carbonyl (C=O) groups is 1. The smallest absolute Gasteiger partial charge is 0.328 e. The molecule has 96 valence electrons. The zero-order chi connectivity index (χ0) is 13.0. The molecular formula is C14H17NO3. The fraction of sp³-hybridized carbons (Fsp3) is 0.357. The summed E-state index contributed by atoms with van der Waals surface area (Å²) < 4.78 is 5.46. The Morgan fingerprint density at radius 3 is 3.17 bits per heavy atom. The standard InChI is InChI=1S/C14H17NO3/c1-15(7-2-3-14(16)17)10-11-4-5-13-12(9-11)6-8-18-13/h2-5,9H,6-8,10H2,1H3,(H,16,17)/b3-2+. The van der Waals surface area contributed by atoms with Crippen molar-refractivity contribution in [2.45, 2.75) is 13.0 Å². The van der Waals surface area contributed by atoms with Gasteiger partial charge in [0.25, 0.3) is 0 Å². The molecule has 0 fully saturated rings. The number of hydrogen-bond donors (Lipinski definition) is 1. The summed E-state index contributed by atoms with van der Waals surface area (Å²) in [7, 11) is 1.97. The summed E-state index contributed by atoms with van der Waals surface area (Å²) in [6, 6.07) is 6.24. The number of carboxylic acids is 1. The molecule has 0 saturated heterocycles. The third-order valence-corrected chi connectivity index (χ3v) is 2.88. The van der Waals surface area contributed by atoms with E-state index >= 15 is 0 Å². The number of nitrogens with zero attached hydrogens (tertiary/aromatic N) is 1. The first-order chi connectivity index (χ1) is 8.65. The monoisotopic (exact) mass is 247 g/mol. The summed E-state index contributed by atoms with van der Waals surface area (Å²) in [4.78, 5) is 12.4. The Labute approximate surface area is 106 Å². The van der Waals surface area contributed by atoms with Gasteiger partial charge in [0.1, 0.15) is 5.75 Å². The molecule has 1 heterocycles. The highest BCUT2D eigenvalue weighted by molar-refractivity contribution is 5.79. The predicted molar refractivity (Wildman–Crippen MR) is 68.8 cm³/mol. The SMILES string of the molecule is CN(C/C=C/C(=O)O)Cc1ccc2c(c1)CCO2. The van der Waals surface area contributed by atoms with E-state index in [9.17, 15) is 4.79 Å². The fourth-order valence-electron chi connectivity index (χ4n) is 2.05. The number of rotatable bonds is 5. The molecule has 2 rings (SSSR count). The number of hydrogen-bond acceptors (Lipinski definition) is 3. The minimum Gasteiger partial charge on any atom is -0.493 e. The molecule has 0 saturated carbocycles. The van der Waals surface area contributed by atoms with Crippen LogP contribution in [0.15, 0.2) is 30.4 Å². The van der Waals surface area contributed by atoms with E-state index in [0.717, 1.165) is 25.3 Å². The van der Waals surface area contributed by atoms with E-state index in [-0.39, 0.29) is 0 Å². The molecule has 4 nitrogen and oxygen atoms in total. The summed E-state index contributed by atoms with van der Waals surface area (Å²) in [5.74, 6) is 0.0882. The van der Waals surface area contributed by atoms with E-state index in [1.165, 1.54) is 17.2 Å². The third-order valence-electron chi connectivity index (χ3n) is 2.88. The van der Waals surface area contributed by atoms with Crippen LogP contribution in [0, 0.1) is 0 Å². The van der Waals surface area contributed by atoms with Crippen molar-refractivity contribution >= 4 is 5.97 Å². The Balaban J connectivity index is 1.91. The first kappa shape index (κ1) is 12.6. The largest absolute Gasteiger partial charge is 0.493 e. The highest BCUT2D eigenvalue weighted by Crippen LogP contribution is 2.26. The molecule has 0 aliphatic carbocycles. The predicted octanol–water partition coefficient (Wildman–Crippen LogP) is 1.69. The maximum atomic E-state index is 10.3. The van der Waals surface area contributed by atoms with Crippen LogP contribution in [0.4, 0.5) is 0 Å². The number of carboxylic acid groups (broad SMARTS) is 1. The van der Waals surface area contributed by atoms with E-state index < -0.39 is 5.97 Å². The molecule has 1 aromatic carbocycles. The Bertz CT molecular complexity index is 468. The van der Waals surface area contributed by atoms with Gasteiger partial charge in [-0.05, 0) is 24.2 Å². The third kappa shape index (κ3) is 3.34. The van der Waals surface area contributed by atoms with Gasteiger partial charge in [-0.2, -0.15) is 0 Å². The molecule has 0 amide bonds. The van der Waals surface area contributed by atoms with Crippen molar-refractivity contribution in [3.8, 4) is 5.75 Å². The first-order valence-electron chi connectivity index (χ1n) is 5.98. The molecular weight excluding hydrogens is 230 g/mol. The lowest BCUT2D eigenvalue weighted by Crippen LogP contribution is -2.17. The number of likely N-dealkylation sites (N-methyl/N-ethyl adjacent to an activating group) is 1. The van der Waals surface area contributed by atoms with E-state index in [1.807, 2.05) is 13.1 Å². The van der Waals surface area contributed by atoms with Crippen LogP contribution in [0.25, 0.3) is 0 Å². The summed E-state index contributed by atoms with van der Waals surface area (Å²) >= 11 is 0. The maximum absolute atomic E-state index is 10.3. The van der Waals surface area contributed by atoms with Crippen LogP contribution in [0.3, 0.4) is 0 Å². The summed E-state index contributed by atoms with van der Waals surface area (Å²) in [6.07, 6.45) is 3.80. The topological polar surface area (TPSA) is 49.8 Å². The molecule has 1 aromatic rings. The molecule has 0 spiro atoms. The highest BCUT2D eigenvalue weighted by atomic mass is 16.5. The Hall–Kier alpha value is -1.81. The number of aliphatic carboxylic acids is 1. The van der Waals surface area contributed by atoms with Crippen LogP contribution < -0.4 is 4.74 Å². The van der Waals surface area contributed by atoms with Crippen LogP contribution in [0.2, 0.25) is 0 Å². The Morgan fingerprint density at radius 1 is 1.56 bits per heavy atom. The molecule has 0 radical (unpaired) electrons. The van der Waals surface area contributed by atoms with Gasteiger partial charge in [-0.15, -0.1) is 0 Å². The molecule has 4 heteroatoms. The second kappa shape index (κ2) is 5.69. The van der Waals surface area contributed by atoms with Crippen molar-refractivity contribution in [1.82, 2.24) is 4.90 Å². The highest BCUT2D eigenvalue weighted by Gasteiger charge is 2.12. The zero-order valence-corrected chi connectivity index (χ0v) is 10.4. The van der Waals surface area contributed by atoms with Crippen molar-refractivity contribution in [2.75, 3.05) is 20.2 Å². The van der Waals surface area contributed by atoms with Gasteiger partial charge in [-0.25, -0.2) is 4.79 Å². The van der Waals surface area contributed by atoms with Gasteiger partial charge < -0.3 is 9.84 Å². The van der Waals surface area contributed by atoms with Gasteiger partial charge in [0.05, 0.1) is 6.61 Å². The molecule has 1 N–H and O–H groups in total. The van der Waals surface area contributed by atoms with Gasteiger partial charge >= 0.3 is 5.97 Å². The van der Waals surface area contributed by atoms with E-state index in [4.69, 9.17) is 9.84 Å². The normalized spacial score (nSPS) is 13.9. The molecule has 0 unspecified atom stereocenters. The average Bonchev–Trinajstić information content (AvgIpc) is 2.75. The second-order valence-corrected chi connectivity index (χ2v) is 4.48. The second-order valence-electron chi connectivity index (χ2n) is 4.48. The van der Waals surface area contributed by atoms with Gasteiger partial charge in [-0.3, -0.25) is 4.90 Å². The fourth-order valence-corrected chi connectivity index (χ4v) is 2.05. The average molecular weight is 247 g/mol. The summed E-state index contributed by atoms with van der Waals surface area (Å²) in [5.41, 5.74) is 2.49. The van der Waals surface area contributed by atoms with Crippen molar-refractivity contribution in [3.63, 3.8) is 0 Å². The zero-order valence-electron chi connectivity index (χ0n) is 10.4. The van der Waals surface area contributed by atoms with E-state index in [0.29, 0.717) is 6.54 Å². The quantitative estimate of drug-likeness (QED) is 0.804. The summed E-state index contributed by atoms with van der Waals surface area (Å²) in [5, 5.41) is 8.50. The number of fused-ring (bicyclic) bond motifs is 1. The van der Waals surface area contributed by atoms with Gasteiger partial charge in [-0.1, -0.05) is 18.2 Å². The van der Waals surface area contributed by atoms with Gasteiger partial charge in [0.2, 0.25) is 0 Å². The van der Waals surface area contributed by atoms with Crippen LogP contribution in [-0.2, 0) is 17.8 Å². The molecule has 0 atom stereocenters. The van der Waals surface area contributed by atoms with Crippen molar-refractivity contribution < 1.29 is 14.6 Å². The molecule has 1 aliphatic heterocycles. The van der Waals surface area contributed by atoms with Crippen LogP contribution >= 0.6 is 0 Å². The van der Waals surface area contributed by atoms with Crippen molar-refractivity contribution in [3.05, 3.63) is 41.5 Å². The van der Waals surface area contributed by atoms with Crippen LogP contribution in [0.1, 0.15) is 11.1 Å². The van der Waals surface area contributed by atoms with Gasteiger partial charge in [0, 0.05) is 25.6 Å². The van der Waals surface area contributed by atoms with Gasteiger partial charge in [0.15, 0.2) is 0 Å². The molecule has 1 aliphatic rings. The van der Waals surface area contributed by atoms with Crippen molar-refractivity contribution in [2.24, 2.45) is 0 Å². The lowest BCUT2D eigenvalue weighted by molar-refractivity contribution is -0.131. The lowest BCUT2D eigenvalue weighted by atomic mass is 10.1. The number of benzene rings is 1. The number of ether oxygens (including phenoxy) is 1. The Kier molecular flexibility index (Phi) is 3.99. The molecule has 18 heavy (non-hydrogen) atoms. The van der Waals surface area contributed by atoms with E-state index in [1.54, 1.807) is 6.08 Å².